The van der Waals surface area contributed by atoms with Crippen LogP contribution < -0.4 is 4.74 Å². The van der Waals surface area contributed by atoms with Crippen LogP contribution in [0, 0.1) is 5.82 Å². The largest absolute Gasteiger partial charge is 0.481 e. The second-order valence-corrected chi connectivity index (χ2v) is 3.27. The summed E-state index contributed by atoms with van der Waals surface area (Å²) in [7, 11) is 1.56. The Kier molecular flexibility index (Phi) is 3.86. The SMILES string of the molecule is CCC(CC)c1cc(F)cnc1OC. The molecule has 1 rings (SSSR count). The molecule has 14 heavy (non-hydrogen) atoms. The van der Waals surface area contributed by atoms with E-state index >= 15 is 0 Å². The van der Waals surface area contributed by atoms with Gasteiger partial charge in [0, 0.05) is 5.56 Å². The van der Waals surface area contributed by atoms with Gasteiger partial charge in [-0.15, -0.1) is 0 Å². The lowest BCUT2D eigenvalue weighted by Gasteiger charge is -2.15. The smallest absolute Gasteiger partial charge is 0.216 e. The van der Waals surface area contributed by atoms with Crippen LogP contribution in [0.15, 0.2) is 12.3 Å². The third-order valence-electron chi connectivity index (χ3n) is 2.46. The van der Waals surface area contributed by atoms with Crippen molar-refractivity contribution < 1.29 is 9.13 Å². The van der Waals surface area contributed by atoms with E-state index < -0.39 is 0 Å². The second-order valence-electron chi connectivity index (χ2n) is 3.27. The number of halogens is 1. The highest BCUT2D eigenvalue weighted by atomic mass is 19.1. The zero-order chi connectivity index (χ0) is 10.6. The van der Waals surface area contributed by atoms with Crippen LogP contribution in [0.3, 0.4) is 0 Å². The summed E-state index contributed by atoms with van der Waals surface area (Å²) in [6.45, 7) is 4.16. The first-order valence-corrected chi connectivity index (χ1v) is 4.92. The van der Waals surface area contributed by atoms with Crippen LogP contribution in [-0.2, 0) is 0 Å². The molecule has 78 valence electrons. The minimum absolute atomic E-state index is 0.298. The molecule has 0 atom stereocenters. The fourth-order valence-corrected chi connectivity index (χ4v) is 1.63. The first kappa shape index (κ1) is 11.0. The fraction of sp³-hybridized carbons (Fsp3) is 0.545. The highest BCUT2D eigenvalue weighted by Crippen LogP contribution is 2.29. The van der Waals surface area contributed by atoms with Crippen molar-refractivity contribution in [3.63, 3.8) is 0 Å². The molecule has 0 aliphatic heterocycles. The maximum atomic E-state index is 13.0. The van der Waals surface area contributed by atoms with Crippen LogP contribution in [-0.4, -0.2) is 12.1 Å². The van der Waals surface area contributed by atoms with Gasteiger partial charge < -0.3 is 4.74 Å². The van der Waals surface area contributed by atoms with Gasteiger partial charge in [0.15, 0.2) is 0 Å². The molecule has 0 spiro atoms. The zero-order valence-electron chi connectivity index (χ0n) is 8.88. The van der Waals surface area contributed by atoms with E-state index in [2.05, 4.69) is 18.8 Å². The van der Waals surface area contributed by atoms with Crippen LogP contribution >= 0.6 is 0 Å². The molecule has 0 aliphatic rings. The predicted molar refractivity (Wildman–Crippen MR) is 54.1 cm³/mol. The van der Waals surface area contributed by atoms with Gasteiger partial charge in [0.2, 0.25) is 5.88 Å². The number of hydrogen-bond acceptors (Lipinski definition) is 2. The summed E-state index contributed by atoms with van der Waals surface area (Å²) in [4.78, 5) is 3.92. The van der Waals surface area contributed by atoms with E-state index in [-0.39, 0.29) is 5.82 Å². The van der Waals surface area contributed by atoms with Crippen molar-refractivity contribution in [2.45, 2.75) is 32.6 Å². The average Bonchev–Trinajstić information content (AvgIpc) is 2.20. The summed E-state index contributed by atoms with van der Waals surface area (Å²) in [5.41, 5.74) is 0.873. The molecule has 0 saturated carbocycles. The molecule has 0 aliphatic carbocycles. The number of ether oxygens (including phenoxy) is 1. The van der Waals surface area contributed by atoms with Crippen molar-refractivity contribution in [1.82, 2.24) is 4.98 Å². The molecule has 0 amide bonds. The molecule has 1 heterocycles. The fourth-order valence-electron chi connectivity index (χ4n) is 1.63. The summed E-state index contributed by atoms with van der Waals surface area (Å²) >= 11 is 0. The number of hydrogen-bond donors (Lipinski definition) is 0. The summed E-state index contributed by atoms with van der Waals surface area (Å²) in [6, 6.07) is 1.52. The highest BCUT2D eigenvalue weighted by molar-refractivity contribution is 5.29. The van der Waals surface area contributed by atoms with Crippen LogP contribution in [0.4, 0.5) is 4.39 Å². The summed E-state index contributed by atoms with van der Waals surface area (Å²) < 4.78 is 18.1. The van der Waals surface area contributed by atoms with Gasteiger partial charge in [-0.3, -0.25) is 0 Å². The van der Waals surface area contributed by atoms with Crippen LogP contribution in [0.5, 0.6) is 5.88 Å². The normalized spacial score (nSPS) is 10.6. The van der Waals surface area contributed by atoms with Gasteiger partial charge in [-0.25, -0.2) is 9.37 Å². The predicted octanol–water partition coefficient (Wildman–Crippen LogP) is 3.13. The van der Waals surface area contributed by atoms with Crippen molar-refractivity contribution in [2.75, 3.05) is 7.11 Å². The Hall–Kier alpha value is -1.12. The van der Waals surface area contributed by atoms with Crippen molar-refractivity contribution in [1.29, 1.82) is 0 Å². The Labute approximate surface area is 84.1 Å². The molecule has 2 nitrogen and oxygen atoms in total. The quantitative estimate of drug-likeness (QED) is 0.739. The van der Waals surface area contributed by atoms with Crippen LogP contribution in [0.25, 0.3) is 0 Å². The Morgan fingerprint density at radius 2 is 2.07 bits per heavy atom. The molecular weight excluding hydrogens is 181 g/mol. The Morgan fingerprint density at radius 3 is 2.57 bits per heavy atom. The van der Waals surface area contributed by atoms with E-state index in [1.54, 1.807) is 7.11 Å². The summed E-state index contributed by atoms with van der Waals surface area (Å²) in [5, 5.41) is 0. The highest BCUT2D eigenvalue weighted by Gasteiger charge is 2.14. The van der Waals surface area contributed by atoms with Gasteiger partial charge in [-0.2, -0.15) is 0 Å². The van der Waals surface area contributed by atoms with E-state index in [0.717, 1.165) is 18.4 Å². The molecule has 1 aromatic heterocycles. The van der Waals surface area contributed by atoms with E-state index in [1.165, 1.54) is 12.3 Å². The van der Waals surface area contributed by atoms with Crippen molar-refractivity contribution in [2.24, 2.45) is 0 Å². The lowest BCUT2D eigenvalue weighted by Crippen LogP contribution is -2.02. The lowest BCUT2D eigenvalue weighted by atomic mass is 9.95. The topological polar surface area (TPSA) is 22.1 Å². The molecule has 1 aromatic rings. The van der Waals surface area contributed by atoms with Gasteiger partial charge in [0.05, 0.1) is 13.3 Å². The maximum Gasteiger partial charge on any atom is 0.216 e. The summed E-state index contributed by atoms with van der Waals surface area (Å²) in [5.74, 6) is 0.570. The first-order valence-electron chi connectivity index (χ1n) is 4.92. The van der Waals surface area contributed by atoms with Crippen molar-refractivity contribution in [3.05, 3.63) is 23.6 Å². The molecular formula is C11H16FNO. The molecule has 0 radical (unpaired) electrons. The molecule has 0 fully saturated rings. The van der Waals surface area contributed by atoms with Gasteiger partial charge in [-0.1, -0.05) is 13.8 Å². The zero-order valence-corrected chi connectivity index (χ0v) is 8.88. The third-order valence-corrected chi connectivity index (χ3v) is 2.46. The molecule has 0 unspecified atom stereocenters. The Balaban J connectivity index is 3.08. The number of methoxy groups -OCH3 is 1. The number of aromatic nitrogens is 1. The minimum Gasteiger partial charge on any atom is -0.481 e. The van der Waals surface area contributed by atoms with Gasteiger partial charge >= 0.3 is 0 Å². The number of pyridine rings is 1. The average molecular weight is 197 g/mol. The number of nitrogens with zero attached hydrogens (tertiary/aromatic N) is 1. The van der Waals surface area contributed by atoms with E-state index in [0.29, 0.717) is 11.8 Å². The minimum atomic E-state index is -0.298. The third kappa shape index (κ3) is 2.22. The van der Waals surface area contributed by atoms with Crippen molar-refractivity contribution >= 4 is 0 Å². The Morgan fingerprint density at radius 1 is 1.43 bits per heavy atom. The first-order chi connectivity index (χ1) is 6.72. The molecule has 0 N–H and O–H groups in total. The van der Waals surface area contributed by atoms with E-state index in [9.17, 15) is 4.39 Å². The van der Waals surface area contributed by atoms with Crippen LogP contribution in [0.2, 0.25) is 0 Å². The van der Waals surface area contributed by atoms with E-state index in [4.69, 9.17) is 4.74 Å². The maximum absolute atomic E-state index is 13.0. The molecule has 3 heteroatoms. The van der Waals surface area contributed by atoms with Gasteiger partial charge in [0.25, 0.3) is 0 Å². The van der Waals surface area contributed by atoms with Crippen LogP contribution in [0.1, 0.15) is 38.2 Å². The van der Waals surface area contributed by atoms with Gasteiger partial charge in [0.1, 0.15) is 5.82 Å². The van der Waals surface area contributed by atoms with Crippen molar-refractivity contribution in [3.8, 4) is 5.88 Å². The number of rotatable bonds is 4. The van der Waals surface area contributed by atoms with E-state index in [1.807, 2.05) is 0 Å². The Bertz CT molecular complexity index is 297. The standard InChI is InChI=1S/C11H16FNO/c1-4-8(5-2)10-6-9(12)7-13-11(10)14-3/h6-8H,4-5H2,1-3H3. The summed E-state index contributed by atoms with van der Waals surface area (Å²) in [6.07, 6.45) is 3.13. The molecule has 0 saturated heterocycles. The second kappa shape index (κ2) is 4.94. The monoisotopic (exact) mass is 197 g/mol. The lowest BCUT2D eigenvalue weighted by molar-refractivity contribution is 0.384. The molecule has 0 aromatic carbocycles. The molecule has 0 bridgehead atoms. The van der Waals surface area contributed by atoms with Gasteiger partial charge in [-0.05, 0) is 24.8 Å².